The predicted octanol–water partition coefficient (Wildman–Crippen LogP) is 1.96. The van der Waals surface area contributed by atoms with Crippen LogP contribution in [-0.2, 0) is 15.0 Å². The topological polar surface area (TPSA) is 75.3 Å². The van der Waals surface area contributed by atoms with Gasteiger partial charge in [0.05, 0.1) is 21.1 Å². The molecule has 0 atom stereocenters. The standard InChI is InChI=1S/C13H13BrN2O3/c1-6(17)15-8-5-4-7-9(10(8)14)11(18)16-12(19)13(7,2)3/h4-5H,1-3H3,(H,15,17)(H,16,18,19). The van der Waals surface area contributed by atoms with Crippen molar-refractivity contribution in [3.63, 3.8) is 0 Å². The lowest BCUT2D eigenvalue weighted by Crippen LogP contribution is -2.49. The number of imide groups is 1. The lowest BCUT2D eigenvalue weighted by atomic mass is 9.78. The summed E-state index contributed by atoms with van der Waals surface area (Å²) in [6, 6.07) is 3.37. The molecule has 1 aliphatic heterocycles. The minimum atomic E-state index is -0.791. The molecule has 0 aliphatic carbocycles. The summed E-state index contributed by atoms with van der Waals surface area (Å²) < 4.78 is 0.485. The number of hydrogen-bond acceptors (Lipinski definition) is 3. The first-order valence-corrected chi connectivity index (χ1v) is 6.51. The Morgan fingerprint density at radius 2 is 1.95 bits per heavy atom. The second-order valence-electron chi connectivity index (χ2n) is 4.94. The van der Waals surface area contributed by atoms with Crippen molar-refractivity contribution >= 4 is 39.3 Å². The minimum Gasteiger partial charge on any atom is -0.325 e. The minimum absolute atomic E-state index is 0.229. The van der Waals surface area contributed by atoms with Gasteiger partial charge in [-0.1, -0.05) is 6.07 Å². The smallest absolute Gasteiger partial charge is 0.259 e. The predicted molar refractivity (Wildman–Crippen MR) is 73.9 cm³/mol. The Labute approximate surface area is 118 Å². The van der Waals surface area contributed by atoms with Crippen molar-refractivity contribution in [1.82, 2.24) is 5.32 Å². The number of hydrogen-bond donors (Lipinski definition) is 2. The maximum absolute atomic E-state index is 12.0. The zero-order valence-electron chi connectivity index (χ0n) is 10.8. The average molecular weight is 325 g/mol. The first-order chi connectivity index (χ1) is 8.75. The quantitative estimate of drug-likeness (QED) is 0.775. The van der Waals surface area contributed by atoms with Crippen LogP contribution in [0.1, 0.15) is 36.7 Å². The molecule has 2 N–H and O–H groups in total. The molecule has 19 heavy (non-hydrogen) atoms. The van der Waals surface area contributed by atoms with Gasteiger partial charge in [-0.05, 0) is 41.4 Å². The molecule has 0 saturated carbocycles. The van der Waals surface area contributed by atoms with E-state index in [-0.39, 0.29) is 11.8 Å². The third-order valence-electron chi connectivity index (χ3n) is 3.15. The molecule has 1 aromatic carbocycles. The highest BCUT2D eigenvalue weighted by Crippen LogP contribution is 2.38. The largest absolute Gasteiger partial charge is 0.325 e. The van der Waals surface area contributed by atoms with Crippen LogP contribution >= 0.6 is 15.9 Å². The zero-order chi connectivity index (χ0) is 14.4. The molecule has 0 bridgehead atoms. The highest BCUT2D eigenvalue weighted by Gasteiger charge is 2.40. The molecule has 0 radical (unpaired) electrons. The summed E-state index contributed by atoms with van der Waals surface area (Å²) in [6.07, 6.45) is 0. The third kappa shape index (κ3) is 2.16. The molecule has 0 saturated heterocycles. The molecule has 2 rings (SSSR count). The number of benzene rings is 1. The Morgan fingerprint density at radius 1 is 1.32 bits per heavy atom. The van der Waals surface area contributed by atoms with E-state index in [9.17, 15) is 14.4 Å². The van der Waals surface area contributed by atoms with Crippen LogP contribution in [0, 0.1) is 0 Å². The van der Waals surface area contributed by atoms with Crippen molar-refractivity contribution in [2.75, 3.05) is 5.32 Å². The lowest BCUT2D eigenvalue weighted by molar-refractivity contribution is -0.125. The summed E-state index contributed by atoms with van der Waals surface area (Å²) in [5.41, 5.74) is 0.741. The van der Waals surface area contributed by atoms with Gasteiger partial charge in [0.15, 0.2) is 0 Å². The SMILES string of the molecule is CC(=O)Nc1ccc2c(c1Br)C(=O)NC(=O)C2(C)C. The molecule has 5 nitrogen and oxygen atoms in total. The fourth-order valence-corrected chi connectivity index (χ4v) is 2.67. The molecule has 100 valence electrons. The first-order valence-electron chi connectivity index (χ1n) is 5.71. The summed E-state index contributed by atoms with van der Waals surface area (Å²) >= 11 is 3.32. The van der Waals surface area contributed by atoms with E-state index in [1.54, 1.807) is 26.0 Å². The van der Waals surface area contributed by atoms with Gasteiger partial charge < -0.3 is 5.32 Å². The van der Waals surface area contributed by atoms with Crippen molar-refractivity contribution in [2.45, 2.75) is 26.2 Å². The molecule has 6 heteroatoms. The maximum atomic E-state index is 12.0. The highest BCUT2D eigenvalue weighted by molar-refractivity contribution is 9.10. The number of carbonyl (C=O) groups excluding carboxylic acids is 3. The summed E-state index contributed by atoms with van der Waals surface area (Å²) in [7, 11) is 0. The molecular formula is C13H13BrN2O3. The van der Waals surface area contributed by atoms with Crippen LogP contribution in [0.15, 0.2) is 16.6 Å². The monoisotopic (exact) mass is 324 g/mol. The maximum Gasteiger partial charge on any atom is 0.259 e. The molecular weight excluding hydrogens is 312 g/mol. The van der Waals surface area contributed by atoms with Crippen molar-refractivity contribution in [2.24, 2.45) is 0 Å². The van der Waals surface area contributed by atoms with Gasteiger partial charge in [0.2, 0.25) is 11.8 Å². The zero-order valence-corrected chi connectivity index (χ0v) is 12.3. The van der Waals surface area contributed by atoms with Gasteiger partial charge in [0.25, 0.3) is 5.91 Å². The summed E-state index contributed by atoms with van der Waals surface area (Å²) in [4.78, 5) is 34.9. The second-order valence-corrected chi connectivity index (χ2v) is 5.73. The van der Waals surface area contributed by atoms with Crippen LogP contribution in [0.2, 0.25) is 0 Å². The van der Waals surface area contributed by atoms with Gasteiger partial charge in [0.1, 0.15) is 0 Å². The van der Waals surface area contributed by atoms with Crippen LogP contribution in [0.25, 0.3) is 0 Å². The molecule has 1 aliphatic rings. The summed E-state index contributed by atoms with van der Waals surface area (Å²) in [5.74, 6) is -1.02. The Kier molecular flexibility index (Phi) is 3.22. The van der Waals surface area contributed by atoms with Crippen molar-refractivity contribution in [3.8, 4) is 0 Å². The molecule has 1 heterocycles. The Morgan fingerprint density at radius 3 is 2.53 bits per heavy atom. The lowest BCUT2D eigenvalue weighted by Gasteiger charge is -2.31. The Bertz CT molecular complexity index is 608. The van der Waals surface area contributed by atoms with Gasteiger partial charge >= 0.3 is 0 Å². The Hall–Kier alpha value is -1.69. The fourth-order valence-electron chi connectivity index (χ4n) is 2.05. The van der Waals surface area contributed by atoms with Crippen molar-refractivity contribution in [1.29, 1.82) is 0 Å². The number of fused-ring (bicyclic) bond motifs is 1. The molecule has 0 fully saturated rings. The number of rotatable bonds is 1. The van der Waals surface area contributed by atoms with Gasteiger partial charge in [-0.25, -0.2) is 0 Å². The first kappa shape index (κ1) is 13.7. The number of anilines is 1. The van der Waals surface area contributed by atoms with E-state index in [1.165, 1.54) is 6.92 Å². The average Bonchev–Trinajstić information content (AvgIpc) is 2.28. The van der Waals surface area contributed by atoms with Crippen LogP contribution < -0.4 is 10.6 Å². The normalized spacial score (nSPS) is 16.6. The molecule has 3 amide bonds. The molecule has 0 spiro atoms. The van der Waals surface area contributed by atoms with Crippen LogP contribution in [0.5, 0.6) is 0 Å². The molecule has 0 aromatic heterocycles. The molecule has 1 aromatic rings. The highest BCUT2D eigenvalue weighted by atomic mass is 79.9. The number of halogens is 1. The van der Waals surface area contributed by atoms with Crippen LogP contribution in [0.4, 0.5) is 5.69 Å². The summed E-state index contributed by atoms with van der Waals surface area (Å²) in [6.45, 7) is 4.88. The van der Waals surface area contributed by atoms with Crippen molar-refractivity contribution < 1.29 is 14.4 Å². The van der Waals surface area contributed by atoms with Gasteiger partial charge in [-0.2, -0.15) is 0 Å². The van der Waals surface area contributed by atoms with Gasteiger partial charge in [-0.3, -0.25) is 19.7 Å². The van der Waals surface area contributed by atoms with E-state index >= 15 is 0 Å². The second kappa shape index (κ2) is 4.45. The Balaban J connectivity index is 2.65. The third-order valence-corrected chi connectivity index (χ3v) is 3.97. The summed E-state index contributed by atoms with van der Waals surface area (Å²) in [5, 5.41) is 4.96. The van der Waals surface area contributed by atoms with Gasteiger partial charge in [0, 0.05) is 6.92 Å². The van der Waals surface area contributed by atoms with E-state index in [0.717, 1.165) is 0 Å². The van der Waals surface area contributed by atoms with E-state index in [2.05, 4.69) is 26.6 Å². The van der Waals surface area contributed by atoms with E-state index < -0.39 is 11.3 Å². The van der Waals surface area contributed by atoms with Gasteiger partial charge in [-0.15, -0.1) is 0 Å². The number of amides is 3. The fraction of sp³-hybridized carbons (Fsp3) is 0.308. The number of carbonyl (C=O) groups is 3. The van der Waals surface area contributed by atoms with E-state index in [1.807, 2.05) is 0 Å². The van der Waals surface area contributed by atoms with E-state index in [4.69, 9.17) is 0 Å². The van der Waals surface area contributed by atoms with Crippen LogP contribution in [-0.4, -0.2) is 17.7 Å². The van der Waals surface area contributed by atoms with E-state index in [0.29, 0.717) is 21.3 Å². The van der Waals surface area contributed by atoms with Crippen LogP contribution in [0.3, 0.4) is 0 Å². The number of nitrogens with one attached hydrogen (secondary N) is 2. The molecule has 0 unspecified atom stereocenters. The van der Waals surface area contributed by atoms with Crippen molar-refractivity contribution in [3.05, 3.63) is 27.7 Å².